The number of aldehydes is 1. The molecule has 0 aliphatic carbocycles. The van der Waals surface area contributed by atoms with Crippen LogP contribution in [-0.4, -0.2) is 21.6 Å². The van der Waals surface area contributed by atoms with Crippen molar-refractivity contribution in [3.8, 4) is 0 Å². The Hall–Kier alpha value is -1.68. The molecular formula is C9H8N2O2. The lowest BCUT2D eigenvalue weighted by atomic mass is 10.1. The summed E-state index contributed by atoms with van der Waals surface area (Å²) in [7, 11) is 0. The van der Waals surface area contributed by atoms with Crippen molar-refractivity contribution in [1.29, 1.82) is 0 Å². The Balaban J connectivity index is 2.67. The molecule has 0 fully saturated rings. The molecule has 4 heteroatoms. The van der Waals surface area contributed by atoms with Crippen LogP contribution in [0.3, 0.4) is 0 Å². The van der Waals surface area contributed by atoms with E-state index in [1.54, 1.807) is 18.2 Å². The second-order valence-electron chi connectivity index (χ2n) is 2.76. The molecule has 2 N–H and O–H groups in total. The van der Waals surface area contributed by atoms with Gasteiger partial charge < -0.3 is 5.11 Å². The number of carbonyl (C=O) groups excluding carboxylic acids is 1. The third-order valence-corrected chi connectivity index (χ3v) is 1.95. The first kappa shape index (κ1) is 7.94. The molecule has 0 saturated carbocycles. The predicted molar refractivity (Wildman–Crippen MR) is 47.4 cm³/mol. The maximum absolute atomic E-state index is 10.5. The molecule has 0 bridgehead atoms. The molecule has 0 spiro atoms. The number of aliphatic hydroxyl groups is 1. The Labute approximate surface area is 74.2 Å². The van der Waals surface area contributed by atoms with Crippen molar-refractivity contribution >= 4 is 17.2 Å². The van der Waals surface area contributed by atoms with Crippen LogP contribution >= 0.6 is 0 Å². The fourth-order valence-electron chi connectivity index (χ4n) is 1.28. The van der Waals surface area contributed by atoms with Crippen molar-refractivity contribution in [2.75, 3.05) is 0 Å². The monoisotopic (exact) mass is 176 g/mol. The molecule has 1 heterocycles. The highest BCUT2D eigenvalue weighted by Crippen LogP contribution is 2.15. The molecule has 0 unspecified atom stereocenters. The maximum Gasteiger partial charge on any atom is 0.170 e. The number of carbonyl (C=O) groups is 1. The van der Waals surface area contributed by atoms with Crippen LogP contribution in [0, 0.1) is 0 Å². The van der Waals surface area contributed by atoms with Crippen LogP contribution < -0.4 is 0 Å². The van der Waals surface area contributed by atoms with Crippen molar-refractivity contribution in [2.45, 2.75) is 6.61 Å². The van der Waals surface area contributed by atoms with Crippen LogP contribution in [-0.2, 0) is 6.61 Å². The number of aromatic nitrogens is 2. The summed E-state index contributed by atoms with van der Waals surface area (Å²) in [6.45, 7) is -0.00855. The first-order valence-electron chi connectivity index (χ1n) is 3.88. The van der Waals surface area contributed by atoms with Gasteiger partial charge in [-0.2, -0.15) is 5.10 Å². The standard InChI is InChI=1S/C9H8N2O2/c12-4-6-1-2-7-8(3-6)10-11-9(7)5-13/h1-3,5,12H,4H2,(H,10,11). The third kappa shape index (κ3) is 1.21. The van der Waals surface area contributed by atoms with Gasteiger partial charge in [-0.25, -0.2) is 0 Å². The molecule has 1 aromatic carbocycles. The maximum atomic E-state index is 10.5. The Bertz CT molecular complexity index is 448. The minimum absolute atomic E-state index is 0.00855. The van der Waals surface area contributed by atoms with Gasteiger partial charge in [0.2, 0.25) is 0 Å². The van der Waals surface area contributed by atoms with Crippen LogP contribution in [0.5, 0.6) is 0 Å². The average Bonchev–Trinajstić information content (AvgIpc) is 2.59. The van der Waals surface area contributed by atoms with E-state index in [1.165, 1.54) is 0 Å². The number of benzene rings is 1. The minimum Gasteiger partial charge on any atom is -0.392 e. The summed E-state index contributed by atoms with van der Waals surface area (Å²) in [5.74, 6) is 0. The Kier molecular flexibility index (Phi) is 1.83. The molecule has 2 aromatic rings. The van der Waals surface area contributed by atoms with Gasteiger partial charge in [-0.15, -0.1) is 0 Å². The van der Waals surface area contributed by atoms with E-state index in [9.17, 15) is 4.79 Å². The van der Waals surface area contributed by atoms with Gasteiger partial charge in [-0.05, 0) is 11.6 Å². The predicted octanol–water partition coefficient (Wildman–Crippen LogP) is 0.868. The average molecular weight is 176 g/mol. The summed E-state index contributed by atoms with van der Waals surface area (Å²) in [6, 6.07) is 5.31. The van der Waals surface area contributed by atoms with Gasteiger partial charge in [0.05, 0.1) is 12.1 Å². The molecule has 0 radical (unpaired) electrons. The molecule has 4 nitrogen and oxygen atoms in total. The zero-order valence-electron chi connectivity index (χ0n) is 6.82. The molecule has 2 rings (SSSR count). The fourth-order valence-corrected chi connectivity index (χ4v) is 1.28. The highest BCUT2D eigenvalue weighted by atomic mass is 16.3. The molecule has 0 aliphatic rings. The van der Waals surface area contributed by atoms with E-state index in [-0.39, 0.29) is 6.61 Å². The Morgan fingerprint density at radius 3 is 3.08 bits per heavy atom. The number of H-pyrrole nitrogens is 1. The minimum atomic E-state index is -0.00855. The fraction of sp³-hybridized carbons (Fsp3) is 0.111. The summed E-state index contributed by atoms with van der Waals surface area (Å²) in [4.78, 5) is 10.5. The van der Waals surface area contributed by atoms with Crippen molar-refractivity contribution in [3.05, 3.63) is 29.5 Å². The number of hydrogen-bond donors (Lipinski definition) is 2. The summed E-state index contributed by atoms with van der Waals surface area (Å²) in [5, 5.41) is 16.2. The quantitative estimate of drug-likeness (QED) is 0.667. The highest BCUT2D eigenvalue weighted by Gasteiger charge is 2.03. The molecule has 0 amide bonds. The van der Waals surface area contributed by atoms with E-state index in [0.717, 1.165) is 16.5 Å². The van der Waals surface area contributed by atoms with Crippen molar-refractivity contribution in [3.63, 3.8) is 0 Å². The number of nitrogens with one attached hydrogen (secondary N) is 1. The van der Waals surface area contributed by atoms with Gasteiger partial charge in [0.1, 0.15) is 5.69 Å². The third-order valence-electron chi connectivity index (χ3n) is 1.95. The molecule has 1 aromatic heterocycles. The van der Waals surface area contributed by atoms with Gasteiger partial charge >= 0.3 is 0 Å². The summed E-state index contributed by atoms with van der Waals surface area (Å²) in [6.07, 6.45) is 0.706. The van der Waals surface area contributed by atoms with Crippen molar-refractivity contribution in [1.82, 2.24) is 10.2 Å². The molecule has 0 atom stereocenters. The summed E-state index contributed by atoms with van der Waals surface area (Å²) in [5.41, 5.74) is 1.97. The number of aliphatic hydroxyl groups excluding tert-OH is 1. The Morgan fingerprint density at radius 1 is 1.54 bits per heavy atom. The smallest absolute Gasteiger partial charge is 0.170 e. The van der Waals surface area contributed by atoms with Gasteiger partial charge in [-0.3, -0.25) is 9.89 Å². The molecule has 66 valence electrons. The van der Waals surface area contributed by atoms with Crippen LogP contribution in [0.1, 0.15) is 16.1 Å². The molecule has 0 saturated heterocycles. The van der Waals surface area contributed by atoms with Gasteiger partial charge in [0.25, 0.3) is 0 Å². The number of rotatable bonds is 2. The second-order valence-corrected chi connectivity index (χ2v) is 2.76. The van der Waals surface area contributed by atoms with E-state index < -0.39 is 0 Å². The molecule has 0 aliphatic heterocycles. The largest absolute Gasteiger partial charge is 0.392 e. The van der Waals surface area contributed by atoms with Crippen LogP contribution in [0.4, 0.5) is 0 Å². The lowest BCUT2D eigenvalue weighted by molar-refractivity contribution is 0.112. The van der Waals surface area contributed by atoms with E-state index in [4.69, 9.17) is 5.11 Å². The number of nitrogens with zero attached hydrogens (tertiary/aromatic N) is 1. The number of hydrogen-bond acceptors (Lipinski definition) is 3. The summed E-state index contributed by atoms with van der Waals surface area (Å²) >= 11 is 0. The summed E-state index contributed by atoms with van der Waals surface area (Å²) < 4.78 is 0. The Morgan fingerprint density at radius 2 is 2.38 bits per heavy atom. The van der Waals surface area contributed by atoms with Crippen LogP contribution in [0.25, 0.3) is 10.9 Å². The van der Waals surface area contributed by atoms with E-state index in [1.807, 2.05) is 0 Å². The SMILES string of the molecule is O=Cc1n[nH]c2cc(CO)ccc12. The lowest BCUT2D eigenvalue weighted by Gasteiger charge is -1.94. The van der Waals surface area contributed by atoms with E-state index in [0.29, 0.717) is 12.0 Å². The van der Waals surface area contributed by atoms with E-state index >= 15 is 0 Å². The number of aromatic amines is 1. The molecular weight excluding hydrogens is 168 g/mol. The number of fused-ring (bicyclic) bond motifs is 1. The first-order chi connectivity index (χ1) is 6.35. The van der Waals surface area contributed by atoms with Gasteiger partial charge in [0.15, 0.2) is 6.29 Å². The zero-order chi connectivity index (χ0) is 9.26. The normalized spacial score (nSPS) is 10.5. The zero-order valence-corrected chi connectivity index (χ0v) is 6.82. The van der Waals surface area contributed by atoms with Crippen molar-refractivity contribution in [2.24, 2.45) is 0 Å². The molecule has 13 heavy (non-hydrogen) atoms. The highest BCUT2D eigenvalue weighted by molar-refractivity contribution is 5.94. The topological polar surface area (TPSA) is 66.0 Å². The van der Waals surface area contributed by atoms with Gasteiger partial charge in [0, 0.05) is 5.39 Å². The van der Waals surface area contributed by atoms with Crippen LogP contribution in [0.15, 0.2) is 18.2 Å². The van der Waals surface area contributed by atoms with Crippen molar-refractivity contribution < 1.29 is 9.90 Å². The van der Waals surface area contributed by atoms with Gasteiger partial charge in [-0.1, -0.05) is 12.1 Å². The van der Waals surface area contributed by atoms with E-state index in [2.05, 4.69) is 10.2 Å². The second kappa shape index (κ2) is 2.99. The first-order valence-corrected chi connectivity index (χ1v) is 3.88. The lowest BCUT2D eigenvalue weighted by Crippen LogP contribution is -1.82. The van der Waals surface area contributed by atoms with Crippen LogP contribution in [0.2, 0.25) is 0 Å².